The van der Waals surface area contributed by atoms with Crippen molar-refractivity contribution in [2.75, 3.05) is 0 Å². The van der Waals surface area contributed by atoms with E-state index >= 15 is 0 Å². The fraction of sp³-hybridized carbons (Fsp3) is 0.312. The number of fused-ring (bicyclic) bond motifs is 1. The maximum absolute atomic E-state index is 12.3. The van der Waals surface area contributed by atoms with Gasteiger partial charge in [-0.25, -0.2) is 4.79 Å². The second-order valence-corrected chi connectivity index (χ2v) is 6.74. The molecule has 0 aliphatic carbocycles. The van der Waals surface area contributed by atoms with Crippen molar-refractivity contribution < 1.29 is 19.5 Å². The van der Waals surface area contributed by atoms with Crippen molar-refractivity contribution in [2.45, 2.75) is 30.4 Å². The second-order valence-electron chi connectivity index (χ2n) is 5.75. The molecule has 8 heteroatoms. The number of benzene rings is 1. The highest BCUT2D eigenvalue weighted by Gasteiger charge is 2.55. The molecule has 0 spiro atoms. The van der Waals surface area contributed by atoms with Gasteiger partial charge < -0.3 is 21.1 Å². The number of β-lactam (4-membered cyclic amide) rings is 1. The standard InChI is InChI=1S/C16H17N3O4S/c1-8-7-24-15-11(14(21)19(15)12(8)16(22)23)18-13(20)10(17)9-5-3-2-4-6-9/h2-7,10-12,15H,17H2,1H3,(H,18,20)(H,22,23)/t10-,11-,12+,15-/m1/s1. The summed E-state index contributed by atoms with van der Waals surface area (Å²) in [7, 11) is 0. The maximum Gasteiger partial charge on any atom is 0.330 e. The van der Waals surface area contributed by atoms with E-state index in [9.17, 15) is 19.5 Å². The zero-order valence-electron chi connectivity index (χ0n) is 12.9. The third-order valence-electron chi connectivity index (χ3n) is 4.16. The van der Waals surface area contributed by atoms with Gasteiger partial charge in [0, 0.05) is 0 Å². The Hall–Kier alpha value is -2.32. The molecule has 126 valence electrons. The van der Waals surface area contributed by atoms with Crippen molar-refractivity contribution >= 4 is 29.5 Å². The van der Waals surface area contributed by atoms with Gasteiger partial charge in [-0.3, -0.25) is 9.59 Å². The average Bonchev–Trinajstić information content (AvgIpc) is 2.59. The number of rotatable bonds is 4. The lowest BCUT2D eigenvalue weighted by Crippen LogP contribution is -2.74. The molecule has 2 heterocycles. The lowest BCUT2D eigenvalue weighted by Gasteiger charge is -2.51. The highest BCUT2D eigenvalue weighted by molar-refractivity contribution is 8.02. The van der Waals surface area contributed by atoms with Gasteiger partial charge in [-0.2, -0.15) is 0 Å². The van der Waals surface area contributed by atoms with Crippen molar-refractivity contribution in [1.82, 2.24) is 10.2 Å². The zero-order chi connectivity index (χ0) is 17.4. The van der Waals surface area contributed by atoms with Gasteiger partial charge in [-0.15, -0.1) is 11.8 Å². The van der Waals surface area contributed by atoms with Gasteiger partial charge in [0.2, 0.25) is 11.8 Å². The van der Waals surface area contributed by atoms with Crippen molar-refractivity contribution in [1.29, 1.82) is 0 Å². The number of nitrogens with zero attached hydrogens (tertiary/aromatic N) is 1. The quantitative estimate of drug-likeness (QED) is 0.682. The molecule has 1 fully saturated rings. The molecule has 2 aliphatic rings. The first kappa shape index (κ1) is 16.5. The van der Waals surface area contributed by atoms with E-state index in [-0.39, 0.29) is 0 Å². The number of carbonyl (C=O) groups is 3. The molecule has 1 aromatic carbocycles. The average molecular weight is 347 g/mol. The number of hydrogen-bond donors (Lipinski definition) is 3. The van der Waals surface area contributed by atoms with Crippen LogP contribution in [-0.2, 0) is 14.4 Å². The van der Waals surface area contributed by atoms with Crippen LogP contribution in [0.3, 0.4) is 0 Å². The lowest BCUT2D eigenvalue weighted by atomic mass is 9.98. The van der Waals surface area contributed by atoms with Crippen LogP contribution in [0.25, 0.3) is 0 Å². The topological polar surface area (TPSA) is 113 Å². The Kier molecular flexibility index (Phi) is 4.33. The van der Waals surface area contributed by atoms with Crippen LogP contribution in [0.4, 0.5) is 0 Å². The van der Waals surface area contributed by atoms with Crippen molar-refractivity contribution in [2.24, 2.45) is 5.73 Å². The number of carboxylic acid groups (broad SMARTS) is 1. The lowest BCUT2D eigenvalue weighted by molar-refractivity contribution is -0.160. The van der Waals surface area contributed by atoms with Crippen LogP contribution in [0.2, 0.25) is 0 Å². The Morgan fingerprint density at radius 2 is 2.00 bits per heavy atom. The van der Waals surface area contributed by atoms with Crippen LogP contribution in [0, 0.1) is 0 Å². The van der Waals surface area contributed by atoms with Crippen LogP contribution >= 0.6 is 11.8 Å². The molecule has 2 aliphatic heterocycles. The van der Waals surface area contributed by atoms with Crippen LogP contribution in [-0.4, -0.2) is 45.2 Å². The second kappa shape index (κ2) is 6.29. The third kappa shape index (κ3) is 2.67. The van der Waals surface area contributed by atoms with Crippen LogP contribution in [0.1, 0.15) is 18.5 Å². The molecular formula is C16H17N3O4S. The molecule has 24 heavy (non-hydrogen) atoms. The number of thioether (sulfide) groups is 1. The number of nitrogens with two attached hydrogens (primary N) is 1. The fourth-order valence-corrected chi connectivity index (χ4v) is 4.05. The number of carbonyl (C=O) groups excluding carboxylic acids is 2. The number of aliphatic carboxylic acids is 1. The molecular weight excluding hydrogens is 330 g/mol. The third-order valence-corrected chi connectivity index (χ3v) is 5.44. The smallest absolute Gasteiger partial charge is 0.330 e. The Morgan fingerprint density at radius 3 is 2.62 bits per heavy atom. The van der Waals surface area contributed by atoms with Gasteiger partial charge in [0.25, 0.3) is 0 Å². The summed E-state index contributed by atoms with van der Waals surface area (Å²) in [5.41, 5.74) is 7.17. The van der Waals surface area contributed by atoms with Crippen molar-refractivity contribution in [3.05, 3.63) is 46.9 Å². The zero-order valence-corrected chi connectivity index (χ0v) is 13.7. The highest BCUT2D eigenvalue weighted by Crippen LogP contribution is 2.39. The summed E-state index contributed by atoms with van der Waals surface area (Å²) in [6.07, 6.45) is 0. The predicted octanol–water partition coefficient (Wildman–Crippen LogP) is 0.443. The van der Waals surface area contributed by atoms with Gasteiger partial charge in [0.15, 0.2) is 6.04 Å². The summed E-state index contributed by atoms with van der Waals surface area (Å²) in [5, 5.41) is 13.2. The van der Waals surface area contributed by atoms with E-state index in [1.807, 2.05) is 6.07 Å². The molecule has 2 amide bonds. The molecule has 4 N–H and O–H groups in total. The molecule has 0 aromatic heterocycles. The van der Waals surface area contributed by atoms with E-state index in [1.165, 1.54) is 16.7 Å². The molecule has 1 saturated heterocycles. The van der Waals surface area contributed by atoms with Gasteiger partial charge in [-0.1, -0.05) is 30.3 Å². The van der Waals surface area contributed by atoms with E-state index < -0.39 is 41.3 Å². The summed E-state index contributed by atoms with van der Waals surface area (Å²) in [4.78, 5) is 37.3. The molecule has 1 aromatic rings. The molecule has 0 radical (unpaired) electrons. The van der Waals surface area contributed by atoms with Gasteiger partial charge in [-0.05, 0) is 23.5 Å². The summed E-state index contributed by atoms with van der Waals surface area (Å²) >= 11 is 1.33. The molecule has 4 atom stereocenters. The Labute approximate surface area is 142 Å². The van der Waals surface area contributed by atoms with E-state index in [4.69, 9.17) is 5.73 Å². The van der Waals surface area contributed by atoms with Crippen LogP contribution in [0.15, 0.2) is 41.3 Å². The first-order valence-corrected chi connectivity index (χ1v) is 8.34. The highest BCUT2D eigenvalue weighted by atomic mass is 32.2. The van der Waals surface area contributed by atoms with Crippen molar-refractivity contribution in [3.63, 3.8) is 0 Å². The van der Waals surface area contributed by atoms with Gasteiger partial charge >= 0.3 is 5.97 Å². The number of amides is 2. The normalized spacial score (nSPS) is 26.8. The minimum absolute atomic E-state index is 0.402. The number of nitrogens with one attached hydrogen (secondary N) is 1. The number of carboxylic acids is 1. The molecule has 0 bridgehead atoms. The van der Waals surface area contributed by atoms with E-state index in [2.05, 4.69) is 5.32 Å². The largest absolute Gasteiger partial charge is 0.479 e. The minimum atomic E-state index is -1.08. The summed E-state index contributed by atoms with van der Waals surface area (Å²) in [6, 6.07) is 6.24. The maximum atomic E-state index is 12.3. The minimum Gasteiger partial charge on any atom is -0.479 e. The van der Waals surface area contributed by atoms with Crippen LogP contribution in [0.5, 0.6) is 0 Å². The number of hydrogen-bond acceptors (Lipinski definition) is 5. The van der Waals surface area contributed by atoms with E-state index in [0.29, 0.717) is 11.1 Å². The van der Waals surface area contributed by atoms with Crippen LogP contribution < -0.4 is 11.1 Å². The molecule has 7 nitrogen and oxygen atoms in total. The monoisotopic (exact) mass is 347 g/mol. The van der Waals surface area contributed by atoms with E-state index in [1.54, 1.807) is 36.6 Å². The van der Waals surface area contributed by atoms with E-state index in [0.717, 1.165) is 0 Å². The Morgan fingerprint density at radius 1 is 1.33 bits per heavy atom. The molecule has 0 unspecified atom stereocenters. The Bertz CT molecular complexity index is 721. The molecule has 3 rings (SSSR count). The Balaban J connectivity index is 1.71. The first-order valence-electron chi connectivity index (χ1n) is 7.40. The summed E-state index contributed by atoms with van der Waals surface area (Å²) in [6.45, 7) is 1.67. The molecule has 0 saturated carbocycles. The summed E-state index contributed by atoms with van der Waals surface area (Å²) < 4.78 is 0. The predicted molar refractivity (Wildman–Crippen MR) is 88.7 cm³/mol. The summed E-state index contributed by atoms with van der Waals surface area (Å²) in [5.74, 6) is -1.94. The SMILES string of the molecule is CC1=CS[C@@H]2[C@H](NC(=O)[C@H](N)c3ccccc3)C(=O)N2[C@@H]1C(=O)O. The van der Waals surface area contributed by atoms with Gasteiger partial charge in [0.1, 0.15) is 17.5 Å². The fourth-order valence-electron chi connectivity index (χ4n) is 2.87. The first-order chi connectivity index (χ1) is 11.4. The van der Waals surface area contributed by atoms with Gasteiger partial charge in [0.05, 0.1) is 0 Å². The van der Waals surface area contributed by atoms with Crippen molar-refractivity contribution in [3.8, 4) is 0 Å².